The van der Waals surface area contributed by atoms with Crippen molar-refractivity contribution in [1.82, 2.24) is 0 Å². The zero-order valence-electron chi connectivity index (χ0n) is 41.5. The maximum absolute atomic E-state index is 13.0. The molecular weight excluding hydrogens is 801 g/mol. The minimum absolute atomic E-state index is 0.242. The molecule has 64 heavy (non-hydrogen) atoms. The van der Waals surface area contributed by atoms with E-state index in [2.05, 4.69) is 194 Å². The number of benzene rings is 6. The van der Waals surface area contributed by atoms with E-state index in [4.69, 9.17) is 4.74 Å². The first-order valence-corrected chi connectivity index (χ1v) is 25.1. The molecule has 0 heterocycles. The van der Waals surface area contributed by atoms with Gasteiger partial charge in [0, 0.05) is 39.1 Å². The molecular formula is C60H74O3S. The molecule has 0 spiro atoms. The van der Waals surface area contributed by atoms with Crippen molar-refractivity contribution in [2.75, 3.05) is 18.6 Å². The van der Waals surface area contributed by atoms with Gasteiger partial charge in [0.25, 0.3) is 0 Å². The monoisotopic (exact) mass is 875 g/mol. The fourth-order valence-electron chi connectivity index (χ4n) is 9.29. The van der Waals surface area contributed by atoms with Crippen LogP contribution < -0.4 is 4.74 Å². The Morgan fingerprint density at radius 1 is 0.453 bits per heavy atom. The second-order valence-electron chi connectivity index (χ2n) is 20.0. The third kappa shape index (κ3) is 10.3. The second-order valence-corrected chi connectivity index (χ2v) is 21.0. The van der Waals surface area contributed by atoms with Gasteiger partial charge in [-0.2, -0.15) is 11.8 Å². The highest BCUT2D eigenvalue weighted by Crippen LogP contribution is 2.53. The predicted molar refractivity (Wildman–Crippen MR) is 279 cm³/mol. The Morgan fingerprint density at radius 3 is 1.17 bits per heavy atom. The van der Waals surface area contributed by atoms with Gasteiger partial charge in [0.05, 0.1) is 6.61 Å². The van der Waals surface area contributed by atoms with Gasteiger partial charge in [0.15, 0.2) is 0 Å². The van der Waals surface area contributed by atoms with Crippen molar-refractivity contribution in [3.63, 3.8) is 0 Å². The summed E-state index contributed by atoms with van der Waals surface area (Å²) in [6.07, 6.45) is 2.76. The van der Waals surface area contributed by atoms with Gasteiger partial charge in [-0.05, 0) is 165 Å². The summed E-state index contributed by atoms with van der Waals surface area (Å²) in [5.41, 5.74) is 19.0. The Kier molecular flexibility index (Phi) is 15.5. The van der Waals surface area contributed by atoms with E-state index in [1.165, 1.54) is 38.9 Å². The lowest BCUT2D eigenvalue weighted by atomic mass is 9.80. The Bertz CT molecular complexity index is 2380. The fourth-order valence-corrected chi connectivity index (χ4v) is 9.54. The van der Waals surface area contributed by atoms with Gasteiger partial charge < -0.3 is 14.9 Å². The van der Waals surface area contributed by atoms with Crippen LogP contribution in [0.5, 0.6) is 17.2 Å². The molecule has 0 saturated heterocycles. The van der Waals surface area contributed by atoms with Crippen LogP contribution >= 0.6 is 11.8 Å². The highest BCUT2D eigenvalue weighted by Gasteiger charge is 2.28. The van der Waals surface area contributed by atoms with Crippen LogP contribution in [0.4, 0.5) is 0 Å². The normalized spacial score (nSPS) is 12.0. The van der Waals surface area contributed by atoms with E-state index < -0.39 is 0 Å². The van der Waals surface area contributed by atoms with Crippen LogP contribution in [0.25, 0.3) is 44.5 Å². The zero-order valence-corrected chi connectivity index (χ0v) is 42.3. The van der Waals surface area contributed by atoms with E-state index in [9.17, 15) is 10.2 Å². The Balaban J connectivity index is 1.74. The molecule has 2 N–H and O–H groups in total. The van der Waals surface area contributed by atoms with Crippen LogP contribution in [0.2, 0.25) is 0 Å². The van der Waals surface area contributed by atoms with Crippen molar-refractivity contribution in [3.8, 4) is 61.8 Å². The molecule has 0 aliphatic carbocycles. The highest BCUT2D eigenvalue weighted by atomic mass is 32.2. The molecule has 338 valence electrons. The van der Waals surface area contributed by atoms with E-state index in [1.807, 2.05) is 0 Å². The number of hydrogen-bond donors (Lipinski definition) is 2. The lowest BCUT2D eigenvalue weighted by Crippen LogP contribution is -2.06. The highest BCUT2D eigenvalue weighted by molar-refractivity contribution is 7.98. The van der Waals surface area contributed by atoms with Crippen LogP contribution in [0, 0.1) is 13.8 Å². The first-order valence-electron chi connectivity index (χ1n) is 23.7. The summed E-state index contributed by atoms with van der Waals surface area (Å²) in [6.45, 7) is 31.8. The van der Waals surface area contributed by atoms with Crippen molar-refractivity contribution >= 4 is 11.8 Å². The Labute approximate surface area is 390 Å². The van der Waals surface area contributed by atoms with Gasteiger partial charge in [-0.25, -0.2) is 0 Å². The molecule has 6 aromatic carbocycles. The lowest BCUT2D eigenvalue weighted by molar-refractivity contribution is 0.346. The number of thioether (sulfide) groups is 1. The third-order valence-electron chi connectivity index (χ3n) is 12.8. The van der Waals surface area contributed by atoms with E-state index in [0.29, 0.717) is 30.6 Å². The quantitative estimate of drug-likeness (QED) is 0.0951. The van der Waals surface area contributed by atoms with Gasteiger partial charge in [-0.15, -0.1) is 0 Å². The molecule has 4 heteroatoms. The van der Waals surface area contributed by atoms with Crippen molar-refractivity contribution in [2.24, 2.45) is 0 Å². The molecule has 0 aliphatic rings. The fraction of sp³-hybridized carbons (Fsp3) is 0.400. The molecule has 0 amide bonds. The number of phenols is 2. The van der Waals surface area contributed by atoms with Crippen LogP contribution in [-0.2, 0) is 6.42 Å². The van der Waals surface area contributed by atoms with Gasteiger partial charge in [-0.1, -0.05) is 138 Å². The maximum Gasteiger partial charge on any atom is 0.135 e. The minimum Gasteiger partial charge on any atom is -0.507 e. The van der Waals surface area contributed by atoms with E-state index >= 15 is 0 Å². The Hall–Kier alpha value is -4.93. The molecule has 0 atom stereocenters. The standard InChI is InChI=1S/C60H74O3S/c1-34(2)44-30-46(36(5)6)56(47(31-44)37(7)8)54-25-40(13)23-50(58(54)61)52-28-43(27-42-19-17-16-18-20-42)29-53(60(52)63-21-22-64-15)51-24-41(14)26-55(59(51)62)57-48(38(9)10)32-45(35(3)4)33-49(57)39(11)12/h16-20,23-26,28-39,61-62H,21-22,27H2,1-15H3. The van der Waals surface area contributed by atoms with E-state index in [-0.39, 0.29) is 35.2 Å². The van der Waals surface area contributed by atoms with Crippen LogP contribution in [0.15, 0.2) is 91.0 Å². The van der Waals surface area contributed by atoms with Crippen LogP contribution in [0.3, 0.4) is 0 Å². The topological polar surface area (TPSA) is 49.7 Å². The first-order chi connectivity index (χ1) is 30.3. The number of rotatable bonds is 16. The number of hydrogen-bond acceptors (Lipinski definition) is 4. The molecule has 0 aliphatic heterocycles. The zero-order chi connectivity index (χ0) is 46.7. The van der Waals surface area contributed by atoms with Gasteiger partial charge in [0.2, 0.25) is 0 Å². The maximum atomic E-state index is 13.0. The van der Waals surface area contributed by atoms with Crippen LogP contribution in [-0.4, -0.2) is 28.8 Å². The summed E-state index contributed by atoms with van der Waals surface area (Å²) in [5, 5.41) is 25.9. The largest absolute Gasteiger partial charge is 0.507 e. The van der Waals surface area contributed by atoms with Gasteiger partial charge in [-0.3, -0.25) is 0 Å². The van der Waals surface area contributed by atoms with Crippen LogP contribution in [0.1, 0.15) is 174 Å². The summed E-state index contributed by atoms with van der Waals surface area (Å²) in [5.74, 6) is 3.67. The molecule has 6 rings (SSSR count). The number of ether oxygens (including phenoxy) is 1. The van der Waals surface area contributed by atoms with Gasteiger partial charge >= 0.3 is 0 Å². The summed E-state index contributed by atoms with van der Waals surface area (Å²) in [7, 11) is 0. The summed E-state index contributed by atoms with van der Waals surface area (Å²) < 4.78 is 6.99. The second kappa shape index (κ2) is 20.5. The third-order valence-corrected chi connectivity index (χ3v) is 13.4. The molecule has 6 aromatic rings. The molecule has 0 radical (unpaired) electrons. The summed E-state index contributed by atoms with van der Waals surface area (Å²) >= 11 is 1.74. The molecule has 3 nitrogen and oxygen atoms in total. The Morgan fingerprint density at radius 2 is 0.828 bits per heavy atom. The summed E-state index contributed by atoms with van der Waals surface area (Å²) in [6, 6.07) is 32.9. The van der Waals surface area contributed by atoms with Crippen molar-refractivity contribution in [3.05, 3.63) is 147 Å². The summed E-state index contributed by atoms with van der Waals surface area (Å²) in [4.78, 5) is 0. The average molecular weight is 875 g/mol. The predicted octanol–water partition coefficient (Wildman–Crippen LogP) is 17.5. The molecule has 0 bridgehead atoms. The smallest absolute Gasteiger partial charge is 0.135 e. The van der Waals surface area contributed by atoms with Gasteiger partial charge in [0.1, 0.15) is 17.2 Å². The lowest BCUT2D eigenvalue weighted by Gasteiger charge is -2.26. The number of phenolic OH excluding ortho intramolecular Hbond substituents is 2. The van der Waals surface area contributed by atoms with Crippen molar-refractivity contribution < 1.29 is 14.9 Å². The van der Waals surface area contributed by atoms with E-state index in [1.54, 1.807) is 11.8 Å². The SMILES string of the molecule is CSCCOc1c(-c2cc(C)cc(-c3c(C(C)C)cc(C(C)C)cc3C(C)C)c2O)cc(Cc2ccccc2)cc1-c1cc(C)cc(-c2c(C(C)C)cc(C(C)C)cc2C(C)C)c1O. The van der Waals surface area contributed by atoms with Crippen molar-refractivity contribution in [2.45, 2.75) is 139 Å². The molecule has 0 saturated carbocycles. The molecule has 0 fully saturated rings. The molecule has 0 unspecified atom stereocenters. The van der Waals surface area contributed by atoms with Crippen molar-refractivity contribution in [1.29, 1.82) is 0 Å². The first kappa shape index (κ1) is 48.5. The average Bonchev–Trinajstić information content (AvgIpc) is 3.24. The number of aryl methyl sites for hydroxylation is 2. The number of aromatic hydroxyl groups is 2. The molecule has 0 aromatic heterocycles. The minimum atomic E-state index is 0.242. The van der Waals surface area contributed by atoms with E-state index in [0.717, 1.165) is 67.0 Å².